The molecule has 5 heteroatoms. The van der Waals surface area contributed by atoms with E-state index in [1.807, 2.05) is 18.2 Å². The van der Waals surface area contributed by atoms with Gasteiger partial charge in [0.2, 0.25) is 0 Å². The van der Waals surface area contributed by atoms with Crippen molar-refractivity contribution in [3.8, 4) is 0 Å². The van der Waals surface area contributed by atoms with Crippen molar-refractivity contribution in [3.05, 3.63) is 52.9 Å². The number of aromatic nitrogens is 2. The van der Waals surface area contributed by atoms with Gasteiger partial charge in [0.15, 0.2) is 0 Å². The fraction of sp³-hybridized carbons (Fsp3) is 0.286. The predicted octanol–water partition coefficient (Wildman–Crippen LogP) is 2.50. The predicted molar refractivity (Wildman–Crippen MR) is 78.9 cm³/mol. The molecule has 0 amide bonds. The summed E-state index contributed by atoms with van der Waals surface area (Å²) in [6.45, 7) is 0.797. The van der Waals surface area contributed by atoms with Gasteiger partial charge in [-0.05, 0) is 18.1 Å². The molecule has 1 aromatic carbocycles. The van der Waals surface area contributed by atoms with E-state index in [0.29, 0.717) is 6.54 Å². The molecule has 0 fully saturated rings. The molecule has 19 heavy (non-hydrogen) atoms. The number of anilines is 1. The van der Waals surface area contributed by atoms with Gasteiger partial charge in [-0.2, -0.15) is 0 Å². The number of nitrogens with one attached hydrogen (secondary N) is 1. The number of hydrogen-bond acceptors (Lipinski definition) is 4. The normalized spacial score (nSPS) is 12.1. The minimum absolute atomic E-state index is 0.134. The summed E-state index contributed by atoms with van der Waals surface area (Å²) in [6, 6.07) is 8.07. The van der Waals surface area contributed by atoms with Crippen molar-refractivity contribution in [2.24, 2.45) is 5.92 Å². The van der Waals surface area contributed by atoms with Crippen LogP contribution < -0.4 is 5.32 Å². The molecule has 2 rings (SSSR count). The van der Waals surface area contributed by atoms with Crippen LogP contribution in [0.4, 0.5) is 5.82 Å². The van der Waals surface area contributed by atoms with Gasteiger partial charge in [-0.1, -0.05) is 34.1 Å². The summed E-state index contributed by atoms with van der Waals surface area (Å²) in [5, 5.41) is 12.7. The number of nitrogens with zero attached hydrogens (tertiary/aromatic N) is 2. The van der Waals surface area contributed by atoms with E-state index in [-0.39, 0.29) is 12.5 Å². The molecule has 0 spiro atoms. The summed E-state index contributed by atoms with van der Waals surface area (Å²) in [5.41, 5.74) is 1.20. The van der Waals surface area contributed by atoms with E-state index in [0.717, 1.165) is 16.7 Å². The molecule has 1 atom stereocenters. The molecular weight excluding hydrogens is 306 g/mol. The van der Waals surface area contributed by atoms with Crippen molar-refractivity contribution in [2.75, 3.05) is 18.5 Å². The third kappa shape index (κ3) is 4.29. The molecule has 1 unspecified atom stereocenters. The van der Waals surface area contributed by atoms with Crippen molar-refractivity contribution in [1.29, 1.82) is 0 Å². The molecule has 1 aromatic heterocycles. The lowest BCUT2D eigenvalue weighted by atomic mass is 10.00. The Kier molecular flexibility index (Phi) is 5.30. The number of aliphatic hydroxyl groups is 1. The first-order valence-corrected chi connectivity index (χ1v) is 6.93. The molecule has 0 saturated heterocycles. The molecule has 0 aliphatic rings. The molecule has 0 radical (unpaired) electrons. The van der Waals surface area contributed by atoms with Crippen LogP contribution in [0.15, 0.2) is 47.3 Å². The highest BCUT2D eigenvalue weighted by Crippen LogP contribution is 2.19. The fourth-order valence-corrected chi connectivity index (χ4v) is 2.26. The van der Waals surface area contributed by atoms with Gasteiger partial charge in [0, 0.05) is 35.9 Å². The van der Waals surface area contributed by atoms with Crippen LogP contribution in [0.2, 0.25) is 0 Å². The summed E-state index contributed by atoms with van der Waals surface area (Å²) >= 11 is 3.53. The Morgan fingerprint density at radius 2 is 2.11 bits per heavy atom. The Labute approximate surface area is 121 Å². The topological polar surface area (TPSA) is 58.0 Å². The van der Waals surface area contributed by atoms with Crippen LogP contribution in [0.3, 0.4) is 0 Å². The number of rotatable bonds is 6. The van der Waals surface area contributed by atoms with Crippen LogP contribution in [0, 0.1) is 5.92 Å². The van der Waals surface area contributed by atoms with Crippen LogP contribution in [-0.2, 0) is 6.42 Å². The second kappa shape index (κ2) is 7.21. The summed E-state index contributed by atoms with van der Waals surface area (Å²) in [5.74, 6) is 0.869. The second-order valence-electron chi connectivity index (χ2n) is 4.32. The first-order chi connectivity index (χ1) is 9.29. The van der Waals surface area contributed by atoms with Crippen LogP contribution in [0.1, 0.15) is 5.56 Å². The average molecular weight is 322 g/mol. The number of halogens is 1. The van der Waals surface area contributed by atoms with Crippen LogP contribution >= 0.6 is 15.9 Å². The highest BCUT2D eigenvalue weighted by atomic mass is 79.9. The standard InChI is InChI=1S/C14H16BrN3O/c15-13-4-2-1-3-12(13)7-11(10-19)8-18-14-9-16-5-6-17-14/h1-6,9,11,19H,7-8,10H2,(H,17,18). The van der Waals surface area contributed by atoms with Crippen LogP contribution in [0.25, 0.3) is 0 Å². The van der Waals surface area contributed by atoms with Gasteiger partial charge in [-0.25, -0.2) is 4.98 Å². The van der Waals surface area contributed by atoms with E-state index in [2.05, 4.69) is 37.3 Å². The largest absolute Gasteiger partial charge is 0.396 e. The molecule has 0 aliphatic heterocycles. The Morgan fingerprint density at radius 3 is 2.79 bits per heavy atom. The minimum Gasteiger partial charge on any atom is -0.396 e. The van der Waals surface area contributed by atoms with E-state index in [1.54, 1.807) is 18.6 Å². The number of hydrogen-bond donors (Lipinski definition) is 2. The first-order valence-electron chi connectivity index (χ1n) is 6.13. The molecule has 0 aliphatic carbocycles. The summed E-state index contributed by atoms with van der Waals surface area (Å²) in [7, 11) is 0. The van der Waals surface area contributed by atoms with Crippen molar-refractivity contribution in [3.63, 3.8) is 0 Å². The van der Waals surface area contributed by atoms with Gasteiger partial charge in [0.05, 0.1) is 6.20 Å². The first kappa shape index (κ1) is 14.0. The maximum absolute atomic E-state index is 9.46. The van der Waals surface area contributed by atoms with E-state index in [4.69, 9.17) is 0 Å². The molecule has 4 nitrogen and oxygen atoms in total. The third-order valence-electron chi connectivity index (χ3n) is 2.86. The van der Waals surface area contributed by atoms with Crippen molar-refractivity contribution < 1.29 is 5.11 Å². The summed E-state index contributed by atoms with van der Waals surface area (Å²) in [4.78, 5) is 8.14. The van der Waals surface area contributed by atoms with Crippen molar-refractivity contribution in [1.82, 2.24) is 9.97 Å². The highest BCUT2D eigenvalue weighted by molar-refractivity contribution is 9.10. The minimum atomic E-state index is 0.134. The van der Waals surface area contributed by atoms with Crippen molar-refractivity contribution >= 4 is 21.7 Å². The SMILES string of the molecule is OCC(CNc1cnccn1)Cc1ccccc1Br. The van der Waals surface area contributed by atoms with Gasteiger partial charge >= 0.3 is 0 Å². The average Bonchev–Trinajstić information content (AvgIpc) is 2.46. The molecule has 100 valence electrons. The zero-order valence-electron chi connectivity index (χ0n) is 10.5. The van der Waals surface area contributed by atoms with Crippen LogP contribution in [0.5, 0.6) is 0 Å². The molecule has 2 N–H and O–H groups in total. The van der Waals surface area contributed by atoms with E-state index in [9.17, 15) is 5.11 Å². The monoisotopic (exact) mass is 321 g/mol. The highest BCUT2D eigenvalue weighted by Gasteiger charge is 2.10. The van der Waals surface area contributed by atoms with Gasteiger partial charge in [0.1, 0.15) is 5.82 Å². The lowest BCUT2D eigenvalue weighted by molar-refractivity contribution is 0.232. The number of aliphatic hydroxyl groups excluding tert-OH is 1. The molecular formula is C14H16BrN3O. The molecule has 0 bridgehead atoms. The smallest absolute Gasteiger partial charge is 0.144 e. The second-order valence-corrected chi connectivity index (χ2v) is 5.17. The van der Waals surface area contributed by atoms with Gasteiger partial charge in [-0.15, -0.1) is 0 Å². The molecule has 0 saturated carbocycles. The summed E-state index contributed by atoms with van der Waals surface area (Å²) in [6.07, 6.45) is 5.76. The third-order valence-corrected chi connectivity index (χ3v) is 3.63. The Morgan fingerprint density at radius 1 is 1.26 bits per heavy atom. The van der Waals surface area contributed by atoms with E-state index < -0.39 is 0 Å². The zero-order valence-corrected chi connectivity index (χ0v) is 12.0. The zero-order chi connectivity index (χ0) is 13.5. The van der Waals surface area contributed by atoms with Crippen molar-refractivity contribution in [2.45, 2.75) is 6.42 Å². The molecule has 1 heterocycles. The van der Waals surface area contributed by atoms with Gasteiger partial charge < -0.3 is 10.4 Å². The molecule has 2 aromatic rings. The fourth-order valence-electron chi connectivity index (χ4n) is 1.82. The van der Waals surface area contributed by atoms with Gasteiger partial charge in [0.25, 0.3) is 0 Å². The van der Waals surface area contributed by atoms with Gasteiger partial charge in [-0.3, -0.25) is 4.98 Å². The lowest BCUT2D eigenvalue weighted by Gasteiger charge is -2.16. The Bertz CT molecular complexity index is 507. The van der Waals surface area contributed by atoms with E-state index in [1.165, 1.54) is 5.56 Å². The maximum atomic E-state index is 9.46. The lowest BCUT2D eigenvalue weighted by Crippen LogP contribution is -2.21. The van der Waals surface area contributed by atoms with Crippen LogP contribution in [-0.4, -0.2) is 28.2 Å². The Balaban J connectivity index is 1.92. The quantitative estimate of drug-likeness (QED) is 0.858. The Hall–Kier alpha value is -1.46. The van der Waals surface area contributed by atoms with E-state index >= 15 is 0 Å². The summed E-state index contributed by atoms with van der Waals surface area (Å²) < 4.78 is 1.08. The number of benzene rings is 1. The maximum Gasteiger partial charge on any atom is 0.144 e.